The van der Waals surface area contributed by atoms with Crippen molar-refractivity contribution in [3.63, 3.8) is 0 Å². The fraction of sp³-hybridized carbons (Fsp3) is 0.435. The van der Waals surface area contributed by atoms with E-state index in [9.17, 15) is 13.2 Å². The van der Waals surface area contributed by atoms with Crippen molar-refractivity contribution >= 4 is 15.8 Å². The van der Waals surface area contributed by atoms with Crippen LogP contribution in [0.25, 0.3) is 0 Å². The largest absolute Gasteiger partial charge is 0.493 e. The maximum absolute atomic E-state index is 13.2. The normalized spacial score (nSPS) is 18.4. The number of carbonyl (C=O) groups is 1. The number of Topliss-reactive ketones (excluding diaryl/α,β-unsaturated/α-hetero) is 1. The molecule has 2 aromatic carbocycles. The van der Waals surface area contributed by atoms with Gasteiger partial charge < -0.3 is 14.2 Å². The van der Waals surface area contributed by atoms with Crippen LogP contribution < -0.4 is 14.2 Å². The smallest absolute Gasteiger partial charge is 0.243 e. The molecule has 1 spiro atoms. The molecule has 0 unspecified atom stereocenters. The van der Waals surface area contributed by atoms with E-state index in [1.807, 2.05) is 26.0 Å². The molecule has 1 saturated heterocycles. The zero-order valence-electron chi connectivity index (χ0n) is 18.2. The van der Waals surface area contributed by atoms with Gasteiger partial charge in [-0.1, -0.05) is 6.07 Å². The lowest BCUT2D eigenvalue weighted by Crippen LogP contribution is -2.52. The van der Waals surface area contributed by atoms with E-state index in [1.54, 1.807) is 6.07 Å². The Bertz CT molecular complexity index is 1130. The van der Waals surface area contributed by atoms with Crippen LogP contribution in [0.2, 0.25) is 0 Å². The maximum Gasteiger partial charge on any atom is 0.243 e. The van der Waals surface area contributed by atoms with Crippen molar-refractivity contribution in [3.05, 3.63) is 47.0 Å². The van der Waals surface area contributed by atoms with E-state index in [-0.39, 0.29) is 30.2 Å². The molecular weight excluding hydrogens is 418 g/mol. The molecule has 0 aromatic heterocycles. The second kappa shape index (κ2) is 7.84. The number of carbonyl (C=O) groups excluding carboxylic acids is 1. The van der Waals surface area contributed by atoms with Gasteiger partial charge in [-0.15, -0.1) is 0 Å². The van der Waals surface area contributed by atoms with Crippen molar-refractivity contribution in [2.45, 2.75) is 43.6 Å². The molecule has 2 aliphatic heterocycles. The SMILES string of the molecule is COc1ccc(S(=O)(=O)N2CCC3(CC2)CC(=O)c2cc(C)cc(C)c2O3)cc1OC. The molecule has 4 rings (SSSR count). The molecule has 31 heavy (non-hydrogen) atoms. The number of methoxy groups -OCH3 is 2. The van der Waals surface area contributed by atoms with Crippen LogP contribution in [0, 0.1) is 13.8 Å². The first kappa shape index (κ1) is 21.6. The minimum Gasteiger partial charge on any atom is -0.493 e. The van der Waals surface area contributed by atoms with Crippen LogP contribution in [0.3, 0.4) is 0 Å². The Balaban J connectivity index is 1.55. The number of nitrogens with zero attached hydrogens (tertiary/aromatic N) is 1. The number of rotatable bonds is 4. The molecular formula is C23H27NO6S. The summed E-state index contributed by atoms with van der Waals surface area (Å²) in [5.41, 5.74) is 1.93. The lowest BCUT2D eigenvalue weighted by Gasteiger charge is -2.44. The summed E-state index contributed by atoms with van der Waals surface area (Å²) in [5.74, 6) is 1.53. The van der Waals surface area contributed by atoms with Crippen molar-refractivity contribution in [2.75, 3.05) is 27.3 Å². The molecule has 0 aliphatic carbocycles. The van der Waals surface area contributed by atoms with Gasteiger partial charge in [0.15, 0.2) is 17.3 Å². The highest BCUT2D eigenvalue weighted by Gasteiger charge is 2.45. The van der Waals surface area contributed by atoms with Gasteiger partial charge in [0.05, 0.1) is 31.1 Å². The summed E-state index contributed by atoms with van der Waals surface area (Å²) in [6.07, 6.45) is 1.18. The lowest BCUT2D eigenvalue weighted by atomic mass is 9.82. The lowest BCUT2D eigenvalue weighted by molar-refractivity contribution is 0.00533. The molecule has 1 fully saturated rings. The molecule has 0 radical (unpaired) electrons. The van der Waals surface area contributed by atoms with Crippen LogP contribution in [-0.4, -0.2) is 51.4 Å². The van der Waals surface area contributed by atoms with Crippen molar-refractivity contribution in [2.24, 2.45) is 0 Å². The first-order valence-electron chi connectivity index (χ1n) is 10.2. The zero-order chi connectivity index (χ0) is 22.4. The van der Waals surface area contributed by atoms with Crippen LogP contribution >= 0.6 is 0 Å². The van der Waals surface area contributed by atoms with E-state index in [4.69, 9.17) is 14.2 Å². The summed E-state index contributed by atoms with van der Waals surface area (Å²) in [4.78, 5) is 13.0. The summed E-state index contributed by atoms with van der Waals surface area (Å²) in [6, 6.07) is 8.45. The molecule has 8 heteroatoms. The van der Waals surface area contributed by atoms with E-state index >= 15 is 0 Å². The monoisotopic (exact) mass is 445 g/mol. The minimum atomic E-state index is -3.71. The summed E-state index contributed by atoms with van der Waals surface area (Å²) in [7, 11) is -0.733. The van der Waals surface area contributed by atoms with Crippen molar-refractivity contribution < 1.29 is 27.4 Å². The van der Waals surface area contributed by atoms with Crippen molar-refractivity contribution in [1.82, 2.24) is 4.31 Å². The highest BCUT2D eigenvalue weighted by Crippen LogP contribution is 2.42. The third kappa shape index (κ3) is 3.78. The Morgan fingerprint density at radius 3 is 2.32 bits per heavy atom. The molecule has 0 bridgehead atoms. The van der Waals surface area contributed by atoms with E-state index in [0.717, 1.165) is 11.1 Å². The van der Waals surface area contributed by atoms with Gasteiger partial charge in [-0.05, 0) is 43.2 Å². The Hall–Kier alpha value is -2.58. The Morgan fingerprint density at radius 2 is 1.68 bits per heavy atom. The van der Waals surface area contributed by atoms with E-state index in [0.29, 0.717) is 35.7 Å². The third-order valence-corrected chi connectivity index (χ3v) is 8.04. The summed E-state index contributed by atoms with van der Waals surface area (Å²) >= 11 is 0. The van der Waals surface area contributed by atoms with Crippen LogP contribution in [0.4, 0.5) is 0 Å². The van der Waals surface area contributed by atoms with Crippen LogP contribution in [-0.2, 0) is 10.0 Å². The molecule has 7 nitrogen and oxygen atoms in total. The van der Waals surface area contributed by atoms with Gasteiger partial charge in [0.1, 0.15) is 11.4 Å². The number of piperidine rings is 1. The van der Waals surface area contributed by atoms with Gasteiger partial charge in [0, 0.05) is 32.0 Å². The van der Waals surface area contributed by atoms with Gasteiger partial charge in [-0.2, -0.15) is 4.31 Å². The number of fused-ring (bicyclic) bond motifs is 1. The number of hydrogen-bond acceptors (Lipinski definition) is 6. The quantitative estimate of drug-likeness (QED) is 0.716. The van der Waals surface area contributed by atoms with Gasteiger partial charge in [-0.25, -0.2) is 8.42 Å². The average Bonchev–Trinajstić information content (AvgIpc) is 2.74. The predicted molar refractivity (Wildman–Crippen MR) is 116 cm³/mol. The van der Waals surface area contributed by atoms with Crippen LogP contribution in [0.5, 0.6) is 17.2 Å². The number of ketones is 1. The number of sulfonamides is 1. The van der Waals surface area contributed by atoms with E-state index in [1.165, 1.54) is 30.7 Å². The number of ether oxygens (including phenoxy) is 3. The molecule has 0 N–H and O–H groups in total. The number of hydrogen-bond donors (Lipinski definition) is 0. The maximum atomic E-state index is 13.2. The zero-order valence-corrected chi connectivity index (χ0v) is 19.0. The molecule has 2 aliphatic rings. The topological polar surface area (TPSA) is 82.1 Å². The first-order valence-corrected chi connectivity index (χ1v) is 11.7. The number of aryl methyl sites for hydroxylation is 2. The molecule has 166 valence electrons. The molecule has 0 saturated carbocycles. The van der Waals surface area contributed by atoms with Crippen LogP contribution in [0.1, 0.15) is 40.7 Å². The van der Waals surface area contributed by atoms with Gasteiger partial charge in [0.25, 0.3) is 0 Å². The standard InChI is InChI=1S/C23H27NO6S/c1-15-11-16(2)22-18(12-15)19(25)14-23(30-22)7-9-24(10-8-23)31(26,27)17-5-6-20(28-3)21(13-17)29-4/h5-6,11-13H,7-10,14H2,1-4H3. The fourth-order valence-corrected chi connectivity index (χ4v) is 5.93. The average molecular weight is 446 g/mol. The van der Waals surface area contributed by atoms with Crippen molar-refractivity contribution in [1.29, 1.82) is 0 Å². The Morgan fingerprint density at radius 1 is 1.00 bits per heavy atom. The van der Waals surface area contributed by atoms with Crippen LogP contribution in [0.15, 0.2) is 35.2 Å². The molecule has 2 heterocycles. The highest BCUT2D eigenvalue weighted by molar-refractivity contribution is 7.89. The predicted octanol–water partition coefficient (Wildman–Crippen LogP) is 3.51. The van der Waals surface area contributed by atoms with Gasteiger partial charge in [0.2, 0.25) is 10.0 Å². The number of benzene rings is 2. The second-order valence-corrected chi connectivity index (χ2v) is 10.2. The van der Waals surface area contributed by atoms with Crippen molar-refractivity contribution in [3.8, 4) is 17.2 Å². The van der Waals surface area contributed by atoms with E-state index < -0.39 is 15.6 Å². The Labute approximate surface area is 183 Å². The highest BCUT2D eigenvalue weighted by atomic mass is 32.2. The minimum absolute atomic E-state index is 0.0595. The van der Waals surface area contributed by atoms with Gasteiger partial charge in [-0.3, -0.25) is 4.79 Å². The second-order valence-electron chi connectivity index (χ2n) is 8.26. The molecule has 2 aromatic rings. The third-order valence-electron chi connectivity index (χ3n) is 6.15. The molecule has 0 atom stereocenters. The fourth-order valence-electron chi connectivity index (χ4n) is 4.48. The van der Waals surface area contributed by atoms with E-state index in [2.05, 4.69) is 0 Å². The summed E-state index contributed by atoms with van der Waals surface area (Å²) < 4.78 is 44.7. The Kier molecular flexibility index (Phi) is 5.47. The molecule has 0 amide bonds. The summed E-state index contributed by atoms with van der Waals surface area (Å²) in [6.45, 7) is 4.46. The van der Waals surface area contributed by atoms with Gasteiger partial charge >= 0.3 is 0 Å². The first-order chi connectivity index (χ1) is 14.7. The summed E-state index contributed by atoms with van der Waals surface area (Å²) in [5, 5.41) is 0.